The van der Waals surface area contributed by atoms with E-state index in [4.69, 9.17) is 23.8 Å². The molecule has 4 rings (SSSR count). The van der Waals surface area contributed by atoms with E-state index in [1.165, 1.54) is 17.0 Å². The number of nitrogens with one attached hydrogen (secondary N) is 1. The highest BCUT2D eigenvalue weighted by Crippen LogP contribution is 2.28. The van der Waals surface area contributed by atoms with Gasteiger partial charge in [-0.15, -0.1) is 0 Å². The zero-order valence-electron chi connectivity index (χ0n) is 18.3. The summed E-state index contributed by atoms with van der Waals surface area (Å²) < 4.78 is 15.5. The maximum atomic E-state index is 13.6. The highest BCUT2D eigenvalue weighted by Gasteiger charge is 2.34. The van der Waals surface area contributed by atoms with Crippen molar-refractivity contribution in [3.05, 3.63) is 87.5 Å². The number of aryl methyl sites for hydroxylation is 2. The third-order valence-electron chi connectivity index (χ3n) is 5.64. The number of anilines is 1. The van der Waals surface area contributed by atoms with E-state index in [9.17, 15) is 14.0 Å². The van der Waals surface area contributed by atoms with Crippen LogP contribution in [-0.2, 0) is 16.0 Å². The summed E-state index contributed by atoms with van der Waals surface area (Å²) in [6, 6.07) is 13.8. The molecule has 168 valence electrons. The van der Waals surface area contributed by atoms with Crippen LogP contribution in [0.3, 0.4) is 0 Å². The molecule has 0 atom stereocenters. The van der Waals surface area contributed by atoms with Crippen LogP contribution in [0.4, 0.5) is 10.1 Å². The first-order valence-electron chi connectivity index (χ1n) is 10.4. The van der Waals surface area contributed by atoms with E-state index in [0.29, 0.717) is 16.9 Å². The van der Waals surface area contributed by atoms with E-state index in [1.54, 1.807) is 12.1 Å². The van der Waals surface area contributed by atoms with Crippen LogP contribution in [0.25, 0.3) is 11.8 Å². The van der Waals surface area contributed by atoms with Crippen molar-refractivity contribution in [2.24, 2.45) is 0 Å². The number of hydrogen-bond acceptors (Lipinski definition) is 3. The molecule has 1 N–H and O–H groups in total. The van der Waals surface area contributed by atoms with Crippen LogP contribution in [0.5, 0.6) is 0 Å². The molecule has 33 heavy (non-hydrogen) atoms. The second-order valence-corrected chi connectivity index (χ2v) is 8.53. The minimum absolute atomic E-state index is 0.0139. The number of hydrogen-bond donors (Lipinski definition) is 1. The summed E-state index contributed by atoms with van der Waals surface area (Å²) >= 11 is 11.2. The topological polar surface area (TPSA) is 54.3 Å². The quantitative estimate of drug-likeness (QED) is 0.313. The fraction of sp³-hybridized carbons (Fsp3) is 0.160. The van der Waals surface area contributed by atoms with Crippen molar-refractivity contribution in [1.82, 2.24) is 9.88 Å². The Kier molecular flexibility index (Phi) is 6.19. The average Bonchev–Trinajstić information content (AvgIpc) is 3.06. The van der Waals surface area contributed by atoms with Gasteiger partial charge < -0.3 is 4.57 Å². The van der Waals surface area contributed by atoms with E-state index in [-0.39, 0.29) is 15.7 Å². The van der Waals surface area contributed by atoms with Gasteiger partial charge in [0, 0.05) is 17.1 Å². The normalized spacial score (nSPS) is 15.4. The molecule has 2 aromatic carbocycles. The molecule has 5 nitrogen and oxygen atoms in total. The van der Waals surface area contributed by atoms with Crippen LogP contribution in [0, 0.1) is 19.7 Å². The lowest BCUT2D eigenvalue weighted by Crippen LogP contribution is -2.54. The van der Waals surface area contributed by atoms with Crippen LogP contribution < -0.4 is 10.2 Å². The molecule has 0 bridgehead atoms. The standard InChI is InChI=1S/C25H21ClFN3O2S/c1-4-16-5-7-18(8-6-16)30-24(32)20(23(31)28-25(30)33)12-17-11-14(2)29(15(17)3)19-9-10-22(27)21(26)13-19/h5-13H,4H2,1-3H3,(H,28,31,33)/b20-12+. The maximum Gasteiger partial charge on any atom is 0.270 e. The number of carbonyl (C=O) groups is 2. The number of halogens is 2. The van der Waals surface area contributed by atoms with Crippen molar-refractivity contribution < 1.29 is 14.0 Å². The summed E-state index contributed by atoms with van der Waals surface area (Å²) in [5.41, 5.74) is 4.66. The minimum atomic E-state index is -0.555. The van der Waals surface area contributed by atoms with E-state index < -0.39 is 17.6 Å². The molecule has 1 fully saturated rings. The lowest BCUT2D eigenvalue weighted by atomic mass is 10.1. The van der Waals surface area contributed by atoms with Gasteiger partial charge in [0.25, 0.3) is 11.8 Å². The number of rotatable bonds is 4. The Morgan fingerprint density at radius 1 is 1.06 bits per heavy atom. The molecule has 1 saturated heterocycles. The van der Waals surface area contributed by atoms with Gasteiger partial charge in [-0.2, -0.15) is 0 Å². The number of carbonyl (C=O) groups excluding carboxylic acids is 2. The van der Waals surface area contributed by atoms with E-state index in [2.05, 4.69) is 5.32 Å². The second-order valence-electron chi connectivity index (χ2n) is 7.74. The molecule has 0 spiro atoms. The molecular weight excluding hydrogens is 461 g/mol. The first-order valence-corrected chi connectivity index (χ1v) is 11.1. The maximum absolute atomic E-state index is 13.6. The Bertz CT molecular complexity index is 1330. The molecular formula is C25H21ClFN3O2S. The van der Waals surface area contributed by atoms with Gasteiger partial charge in [-0.05, 0) is 86.1 Å². The van der Waals surface area contributed by atoms with Crippen LogP contribution in [-0.4, -0.2) is 21.5 Å². The molecule has 1 aromatic heterocycles. The summed E-state index contributed by atoms with van der Waals surface area (Å²) in [5.74, 6) is -1.55. The SMILES string of the molecule is CCc1ccc(N2C(=O)/C(=C/c3cc(C)n(-c4ccc(F)c(Cl)c4)c3C)C(=O)NC2=S)cc1. The molecule has 0 unspecified atom stereocenters. The van der Waals surface area contributed by atoms with Crippen LogP contribution in [0.1, 0.15) is 29.4 Å². The van der Waals surface area contributed by atoms with E-state index in [0.717, 1.165) is 23.4 Å². The van der Waals surface area contributed by atoms with Crippen LogP contribution >= 0.6 is 23.8 Å². The summed E-state index contributed by atoms with van der Waals surface area (Å²) in [6.45, 7) is 5.78. The Morgan fingerprint density at radius 3 is 2.36 bits per heavy atom. The summed E-state index contributed by atoms with van der Waals surface area (Å²) in [4.78, 5) is 27.3. The van der Waals surface area contributed by atoms with Gasteiger partial charge in [-0.25, -0.2) is 4.39 Å². The van der Waals surface area contributed by atoms with Gasteiger partial charge in [0.15, 0.2) is 5.11 Å². The number of nitrogens with zero attached hydrogens (tertiary/aromatic N) is 2. The van der Waals surface area contributed by atoms with Gasteiger partial charge in [0.1, 0.15) is 11.4 Å². The number of benzene rings is 2. The highest BCUT2D eigenvalue weighted by atomic mass is 35.5. The van der Waals surface area contributed by atoms with Gasteiger partial charge >= 0.3 is 0 Å². The molecule has 3 aromatic rings. The fourth-order valence-corrected chi connectivity index (χ4v) is 4.34. The van der Waals surface area contributed by atoms with Crippen molar-refractivity contribution >= 4 is 52.5 Å². The third kappa shape index (κ3) is 4.21. The molecule has 8 heteroatoms. The Labute approximate surface area is 201 Å². The van der Waals surface area contributed by atoms with Crippen molar-refractivity contribution in [3.8, 4) is 5.69 Å². The van der Waals surface area contributed by atoms with Crippen LogP contribution in [0.15, 0.2) is 54.1 Å². The largest absolute Gasteiger partial charge is 0.318 e. The zero-order chi connectivity index (χ0) is 23.9. The van der Waals surface area contributed by atoms with Crippen LogP contribution in [0.2, 0.25) is 5.02 Å². The Morgan fingerprint density at radius 2 is 1.73 bits per heavy atom. The van der Waals surface area contributed by atoms with Crippen molar-refractivity contribution in [2.45, 2.75) is 27.2 Å². The third-order valence-corrected chi connectivity index (χ3v) is 6.21. The predicted molar refractivity (Wildman–Crippen MR) is 132 cm³/mol. The van der Waals surface area contributed by atoms with Gasteiger partial charge in [0.05, 0.1) is 10.7 Å². The Hall–Kier alpha value is -3.29. The summed E-state index contributed by atoms with van der Waals surface area (Å²) in [5, 5.41) is 2.66. The first kappa shape index (κ1) is 22.9. The van der Waals surface area contributed by atoms with E-state index >= 15 is 0 Å². The summed E-state index contributed by atoms with van der Waals surface area (Å²) in [7, 11) is 0. The fourth-order valence-electron chi connectivity index (χ4n) is 3.88. The highest BCUT2D eigenvalue weighted by molar-refractivity contribution is 7.80. The number of amides is 2. The molecule has 1 aliphatic rings. The Balaban J connectivity index is 1.74. The average molecular weight is 482 g/mol. The predicted octanol–water partition coefficient (Wildman–Crippen LogP) is 5.28. The van der Waals surface area contributed by atoms with Gasteiger partial charge in [0.2, 0.25) is 0 Å². The van der Waals surface area contributed by atoms with Crippen molar-refractivity contribution in [1.29, 1.82) is 0 Å². The first-order chi connectivity index (χ1) is 15.7. The monoisotopic (exact) mass is 481 g/mol. The second kappa shape index (κ2) is 8.92. The molecule has 2 heterocycles. The lowest BCUT2D eigenvalue weighted by Gasteiger charge is -2.29. The molecule has 0 saturated carbocycles. The van der Waals surface area contributed by atoms with E-state index in [1.807, 2.05) is 55.7 Å². The zero-order valence-corrected chi connectivity index (χ0v) is 19.9. The summed E-state index contributed by atoms with van der Waals surface area (Å²) in [6.07, 6.45) is 2.42. The lowest BCUT2D eigenvalue weighted by molar-refractivity contribution is -0.122. The molecule has 0 aliphatic carbocycles. The van der Waals surface area contributed by atoms with Gasteiger partial charge in [-0.1, -0.05) is 30.7 Å². The minimum Gasteiger partial charge on any atom is -0.318 e. The number of aromatic nitrogens is 1. The molecule has 2 amide bonds. The number of thiocarbonyl (C=S) groups is 1. The van der Waals surface area contributed by atoms with Gasteiger partial charge in [-0.3, -0.25) is 19.8 Å². The smallest absolute Gasteiger partial charge is 0.270 e. The molecule has 0 radical (unpaired) electrons. The molecule has 1 aliphatic heterocycles. The van der Waals surface area contributed by atoms with Crippen molar-refractivity contribution in [2.75, 3.05) is 4.90 Å². The van der Waals surface area contributed by atoms with Crippen molar-refractivity contribution in [3.63, 3.8) is 0 Å².